The Morgan fingerprint density at radius 2 is 1.06 bits per heavy atom. The van der Waals surface area contributed by atoms with Crippen LogP contribution in [0.1, 0.15) is 5.56 Å². The lowest BCUT2D eigenvalue weighted by Crippen LogP contribution is -1.87. The zero-order chi connectivity index (χ0) is 22.2. The molecule has 0 atom stereocenters. The summed E-state index contributed by atoms with van der Waals surface area (Å²) >= 11 is 0. The molecule has 0 bridgehead atoms. The summed E-state index contributed by atoms with van der Waals surface area (Å²) in [4.78, 5) is 8.81. The Balaban J connectivity index is 0.000000165. The van der Waals surface area contributed by atoms with Gasteiger partial charge in [-0.2, -0.15) is 0 Å². The molecular weight excluding hydrogens is 392 g/mol. The molecule has 0 aliphatic heterocycles. The summed E-state index contributed by atoms with van der Waals surface area (Å²) in [5.41, 5.74) is 7.36. The molecule has 1 N–H and O–H groups in total. The number of hydrogen-bond donors (Lipinski definition) is 1. The summed E-state index contributed by atoms with van der Waals surface area (Å²) in [7, 11) is 0. The third-order valence-electron chi connectivity index (χ3n) is 4.99. The van der Waals surface area contributed by atoms with Crippen LogP contribution in [0.3, 0.4) is 0 Å². The molecule has 5 rings (SSSR count). The molecule has 3 nitrogen and oxygen atoms in total. The van der Waals surface area contributed by atoms with Crippen LogP contribution >= 0.6 is 0 Å². The number of aryl methyl sites for hydroxylation is 1. The van der Waals surface area contributed by atoms with E-state index in [0.717, 1.165) is 33.6 Å². The number of para-hydroxylation sites is 1. The van der Waals surface area contributed by atoms with Gasteiger partial charge in [0.15, 0.2) is 0 Å². The molecule has 156 valence electrons. The van der Waals surface area contributed by atoms with E-state index in [0.29, 0.717) is 5.75 Å². The number of pyridine rings is 2. The van der Waals surface area contributed by atoms with Crippen molar-refractivity contribution in [1.29, 1.82) is 0 Å². The van der Waals surface area contributed by atoms with E-state index in [1.54, 1.807) is 6.07 Å². The van der Waals surface area contributed by atoms with Crippen LogP contribution in [0.2, 0.25) is 0 Å². The Labute approximate surface area is 188 Å². The summed E-state index contributed by atoms with van der Waals surface area (Å²) in [6, 6.07) is 35.5. The number of aromatic nitrogens is 2. The Morgan fingerprint density at radius 3 is 1.59 bits per heavy atom. The summed E-state index contributed by atoms with van der Waals surface area (Å²) in [5.74, 6) is 0.328. The third-order valence-corrected chi connectivity index (χ3v) is 4.99. The van der Waals surface area contributed by atoms with Crippen molar-refractivity contribution in [2.24, 2.45) is 0 Å². The number of phenols is 1. The van der Waals surface area contributed by atoms with E-state index in [4.69, 9.17) is 0 Å². The highest BCUT2D eigenvalue weighted by molar-refractivity contribution is 5.71. The second kappa shape index (κ2) is 10.2. The van der Waals surface area contributed by atoms with Crippen molar-refractivity contribution in [2.75, 3.05) is 0 Å². The normalized spacial score (nSPS) is 10.2. The molecule has 3 aromatic carbocycles. The number of benzene rings is 3. The molecule has 2 aromatic heterocycles. The van der Waals surface area contributed by atoms with E-state index < -0.39 is 0 Å². The minimum Gasteiger partial charge on any atom is -0.507 e. The molecule has 0 amide bonds. The first-order valence-corrected chi connectivity index (χ1v) is 10.5. The number of aromatic hydroxyl groups is 1. The number of hydrogen-bond acceptors (Lipinski definition) is 3. The second-order valence-corrected chi connectivity index (χ2v) is 7.40. The molecule has 0 aliphatic rings. The first-order valence-electron chi connectivity index (χ1n) is 10.5. The number of nitrogens with zero attached hydrogens (tertiary/aromatic N) is 2. The van der Waals surface area contributed by atoms with Gasteiger partial charge < -0.3 is 5.11 Å². The Hall–Kier alpha value is -4.24. The van der Waals surface area contributed by atoms with Crippen molar-refractivity contribution in [3.05, 3.63) is 127 Å². The highest BCUT2D eigenvalue weighted by Crippen LogP contribution is 2.28. The van der Waals surface area contributed by atoms with Gasteiger partial charge in [-0.05, 0) is 66.6 Å². The Morgan fingerprint density at radius 1 is 0.531 bits per heavy atom. The fourth-order valence-electron chi connectivity index (χ4n) is 3.48. The quantitative estimate of drug-likeness (QED) is 0.339. The van der Waals surface area contributed by atoms with Gasteiger partial charge in [0.05, 0.1) is 11.4 Å². The van der Waals surface area contributed by atoms with Crippen molar-refractivity contribution in [3.8, 4) is 39.4 Å². The van der Waals surface area contributed by atoms with E-state index in [2.05, 4.69) is 35.1 Å². The molecule has 3 heteroatoms. The summed E-state index contributed by atoms with van der Waals surface area (Å²) in [5, 5.41) is 9.56. The number of rotatable bonds is 3. The van der Waals surface area contributed by atoms with Gasteiger partial charge in [-0.25, -0.2) is 0 Å². The maximum absolute atomic E-state index is 9.56. The van der Waals surface area contributed by atoms with Gasteiger partial charge in [0.2, 0.25) is 0 Å². The lowest BCUT2D eigenvalue weighted by molar-refractivity contribution is 0.477. The fraction of sp³-hybridized carbons (Fsp3) is 0.0345. The smallest absolute Gasteiger partial charge is 0.123 e. The van der Waals surface area contributed by atoms with Crippen molar-refractivity contribution in [3.63, 3.8) is 0 Å². The van der Waals surface area contributed by atoms with Gasteiger partial charge >= 0.3 is 0 Å². The SMILES string of the molecule is Cc1cc(-c2ccccn2)cc(-c2ccccn2)c1.Oc1ccccc1-c1ccccc1. The van der Waals surface area contributed by atoms with Crippen LogP contribution in [0.5, 0.6) is 5.75 Å². The van der Waals surface area contributed by atoms with Gasteiger partial charge in [-0.3, -0.25) is 9.97 Å². The van der Waals surface area contributed by atoms with Gasteiger partial charge in [0.1, 0.15) is 5.75 Å². The zero-order valence-electron chi connectivity index (χ0n) is 17.9. The van der Waals surface area contributed by atoms with Gasteiger partial charge in [-0.1, -0.05) is 60.7 Å². The summed E-state index contributed by atoms with van der Waals surface area (Å²) < 4.78 is 0. The molecule has 0 aliphatic carbocycles. The van der Waals surface area contributed by atoms with Crippen molar-refractivity contribution < 1.29 is 5.11 Å². The molecule has 0 radical (unpaired) electrons. The standard InChI is InChI=1S/C17H14N2.C12H10O/c1-13-10-14(16-6-2-4-8-18-16)12-15(11-13)17-7-3-5-9-19-17;13-12-9-5-4-8-11(12)10-6-2-1-3-7-10/h2-12H,1H3;1-9,13H. The molecule has 0 saturated carbocycles. The van der Waals surface area contributed by atoms with Gasteiger partial charge in [-0.15, -0.1) is 0 Å². The lowest BCUT2D eigenvalue weighted by atomic mass is 10.0. The third kappa shape index (κ3) is 5.27. The molecule has 2 heterocycles. The van der Waals surface area contributed by atoms with E-state index in [9.17, 15) is 5.11 Å². The summed E-state index contributed by atoms with van der Waals surface area (Å²) in [6.07, 6.45) is 3.64. The molecule has 0 spiro atoms. The van der Waals surface area contributed by atoms with Crippen LogP contribution in [0.4, 0.5) is 0 Å². The Kier molecular flexibility index (Phi) is 6.69. The first-order chi connectivity index (χ1) is 15.7. The monoisotopic (exact) mass is 416 g/mol. The molecule has 0 saturated heterocycles. The molecule has 0 fully saturated rings. The van der Waals surface area contributed by atoms with Crippen LogP contribution < -0.4 is 0 Å². The predicted octanol–water partition coefficient (Wildman–Crippen LogP) is 7.18. The molecule has 0 unspecified atom stereocenters. The average molecular weight is 417 g/mol. The van der Waals surface area contributed by atoms with Crippen molar-refractivity contribution in [1.82, 2.24) is 9.97 Å². The summed E-state index contributed by atoms with van der Waals surface area (Å²) in [6.45, 7) is 2.10. The second-order valence-electron chi connectivity index (χ2n) is 7.40. The molecule has 5 aromatic rings. The van der Waals surface area contributed by atoms with E-state index in [1.165, 1.54) is 5.56 Å². The zero-order valence-corrected chi connectivity index (χ0v) is 17.9. The van der Waals surface area contributed by atoms with Crippen LogP contribution in [0.15, 0.2) is 122 Å². The highest BCUT2D eigenvalue weighted by atomic mass is 16.3. The van der Waals surface area contributed by atoms with Gasteiger partial charge in [0, 0.05) is 29.1 Å². The van der Waals surface area contributed by atoms with Crippen molar-refractivity contribution >= 4 is 0 Å². The largest absolute Gasteiger partial charge is 0.507 e. The topological polar surface area (TPSA) is 46.0 Å². The molecular formula is C29H24N2O. The fourth-order valence-corrected chi connectivity index (χ4v) is 3.48. The minimum atomic E-state index is 0.328. The van der Waals surface area contributed by atoms with Crippen molar-refractivity contribution in [2.45, 2.75) is 6.92 Å². The van der Waals surface area contributed by atoms with Crippen LogP contribution in [-0.2, 0) is 0 Å². The maximum Gasteiger partial charge on any atom is 0.123 e. The first kappa shape index (κ1) is 21.0. The Bertz CT molecular complexity index is 1210. The minimum absolute atomic E-state index is 0.328. The predicted molar refractivity (Wildman–Crippen MR) is 131 cm³/mol. The number of phenolic OH excluding ortho intramolecular Hbond substituents is 1. The van der Waals surface area contributed by atoms with Crippen LogP contribution in [0.25, 0.3) is 33.6 Å². The highest BCUT2D eigenvalue weighted by Gasteiger charge is 2.05. The average Bonchev–Trinajstić information content (AvgIpc) is 2.86. The van der Waals surface area contributed by atoms with E-state index >= 15 is 0 Å². The maximum atomic E-state index is 9.56. The molecule has 32 heavy (non-hydrogen) atoms. The van der Waals surface area contributed by atoms with E-state index in [-0.39, 0.29) is 0 Å². The van der Waals surface area contributed by atoms with Gasteiger partial charge in [0.25, 0.3) is 0 Å². The van der Waals surface area contributed by atoms with Crippen LogP contribution in [-0.4, -0.2) is 15.1 Å². The lowest BCUT2D eigenvalue weighted by Gasteiger charge is -2.07. The van der Waals surface area contributed by atoms with E-state index in [1.807, 2.05) is 97.3 Å². The van der Waals surface area contributed by atoms with Crippen LogP contribution in [0, 0.1) is 6.92 Å².